The summed E-state index contributed by atoms with van der Waals surface area (Å²) in [6.45, 7) is 9.13. The zero-order valence-corrected chi connectivity index (χ0v) is 27.9. The number of alkyl carbamates (subject to hydrolysis) is 1. The monoisotopic (exact) mass is 630 g/mol. The SMILES string of the molecule is COC(=O)N[C@H]1CCC[C@@H]1[C@](CN1CCC1)(c1cccc(F)c1)C1CCN(CC2CN(c3ccc(C#N)c(CN(C)C)c3)C2)CC1. The van der Waals surface area contributed by atoms with Gasteiger partial charge >= 0.3 is 6.09 Å². The van der Waals surface area contributed by atoms with Crippen molar-refractivity contribution in [2.24, 2.45) is 17.8 Å². The summed E-state index contributed by atoms with van der Waals surface area (Å²) in [5.41, 5.74) is 3.92. The van der Waals surface area contributed by atoms with Gasteiger partial charge in [0.1, 0.15) is 5.82 Å². The largest absolute Gasteiger partial charge is 0.453 e. The van der Waals surface area contributed by atoms with Crippen LogP contribution in [0.15, 0.2) is 42.5 Å². The van der Waals surface area contributed by atoms with E-state index < -0.39 is 0 Å². The predicted molar refractivity (Wildman–Crippen MR) is 179 cm³/mol. The van der Waals surface area contributed by atoms with Gasteiger partial charge in [-0.1, -0.05) is 18.6 Å². The molecular weight excluding hydrogens is 579 g/mol. The van der Waals surface area contributed by atoms with Gasteiger partial charge in [-0.05, 0) is 126 Å². The number of nitrogens with zero attached hydrogens (tertiary/aromatic N) is 5. The van der Waals surface area contributed by atoms with E-state index in [4.69, 9.17) is 4.74 Å². The van der Waals surface area contributed by atoms with Crippen molar-refractivity contribution in [2.75, 3.05) is 78.5 Å². The van der Waals surface area contributed by atoms with E-state index in [2.05, 4.69) is 49.2 Å². The number of piperidine rings is 1. The molecule has 0 spiro atoms. The quantitative estimate of drug-likeness (QED) is 0.372. The van der Waals surface area contributed by atoms with Crippen molar-refractivity contribution in [2.45, 2.75) is 56.5 Å². The van der Waals surface area contributed by atoms with Crippen LogP contribution in [-0.2, 0) is 16.7 Å². The summed E-state index contributed by atoms with van der Waals surface area (Å²) in [6, 6.07) is 16.0. The molecule has 4 fully saturated rings. The molecule has 4 aliphatic rings. The maximum atomic E-state index is 14.9. The molecule has 0 aromatic heterocycles. The lowest BCUT2D eigenvalue weighted by molar-refractivity contribution is 0.0223. The van der Waals surface area contributed by atoms with Gasteiger partial charge in [0, 0.05) is 55.8 Å². The average molecular weight is 631 g/mol. The van der Waals surface area contributed by atoms with E-state index in [0.29, 0.717) is 11.8 Å². The average Bonchev–Trinajstić information content (AvgIpc) is 3.47. The molecule has 3 saturated heterocycles. The third kappa shape index (κ3) is 6.90. The molecule has 9 heteroatoms. The second-order valence-corrected chi connectivity index (χ2v) is 14.5. The molecule has 6 rings (SSSR count). The number of rotatable bonds is 11. The van der Waals surface area contributed by atoms with Crippen LogP contribution in [-0.4, -0.2) is 100 Å². The first-order valence-corrected chi connectivity index (χ1v) is 17.3. The molecule has 8 nitrogen and oxygen atoms in total. The van der Waals surface area contributed by atoms with Crippen molar-refractivity contribution in [1.82, 2.24) is 20.0 Å². The number of methoxy groups -OCH3 is 1. The van der Waals surface area contributed by atoms with Gasteiger partial charge in [-0.2, -0.15) is 5.26 Å². The Balaban J connectivity index is 1.15. The minimum atomic E-state index is -0.367. The number of likely N-dealkylation sites (tertiary alicyclic amines) is 2. The summed E-state index contributed by atoms with van der Waals surface area (Å²) in [5, 5.41) is 12.7. The van der Waals surface area contributed by atoms with Crippen LogP contribution in [0.2, 0.25) is 0 Å². The standard InChI is InChI=1S/C37H51FN6O2/c1-41(2)25-29-19-33(12-11-28(29)21-39)44-23-27(24-44)22-42-17-13-30(14-18-42)37(26-43-15-6-16-43,31-7-4-8-32(38)20-31)34-9-5-10-35(34)40-36(45)46-3/h4,7-8,11-12,19-20,27,30,34-35H,5-6,9-10,13-18,22-26H2,1-3H3,(H,40,45)/t34-,35-,37-/m0/s1. The summed E-state index contributed by atoms with van der Waals surface area (Å²) in [5.74, 6) is 1.09. The first kappa shape index (κ1) is 32.7. The first-order valence-electron chi connectivity index (χ1n) is 17.3. The Kier molecular flexibility index (Phi) is 10.2. The lowest BCUT2D eigenvalue weighted by Gasteiger charge is -2.54. The van der Waals surface area contributed by atoms with Crippen LogP contribution in [0.25, 0.3) is 0 Å². The molecule has 248 valence electrons. The second kappa shape index (κ2) is 14.3. The third-order valence-electron chi connectivity index (χ3n) is 11.3. The number of amides is 1. The summed E-state index contributed by atoms with van der Waals surface area (Å²) in [7, 11) is 5.51. The van der Waals surface area contributed by atoms with Crippen LogP contribution in [0.5, 0.6) is 0 Å². The molecule has 46 heavy (non-hydrogen) atoms. The molecule has 1 N–H and O–H groups in total. The number of halogens is 1. The number of benzene rings is 2. The molecule has 1 saturated carbocycles. The van der Waals surface area contributed by atoms with Gasteiger partial charge in [0.25, 0.3) is 0 Å². The fourth-order valence-electron chi connectivity index (χ4n) is 8.99. The van der Waals surface area contributed by atoms with Crippen molar-refractivity contribution >= 4 is 11.8 Å². The molecule has 2 aromatic carbocycles. The van der Waals surface area contributed by atoms with Crippen LogP contribution in [0.3, 0.4) is 0 Å². The zero-order valence-electron chi connectivity index (χ0n) is 27.9. The minimum Gasteiger partial charge on any atom is -0.453 e. The summed E-state index contributed by atoms with van der Waals surface area (Å²) < 4.78 is 20.0. The Morgan fingerprint density at radius 3 is 2.48 bits per heavy atom. The zero-order chi connectivity index (χ0) is 32.3. The summed E-state index contributed by atoms with van der Waals surface area (Å²) >= 11 is 0. The molecule has 1 aliphatic carbocycles. The number of carbonyl (C=O) groups excluding carboxylic acids is 1. The number of ether oxygens (including phenoxy) is 1. The van der Waals surface area contributed by atoms with E-state index >= 15 is 0 Å². The normalized spacial score (nSPS) is 24.2. The lowest BCUT2D eigenvalue weighted by atomic mass is 9.57. The highest BCUT2D eigenvalue weighted by Crippen LogP contribution is 2.51. The van der Waals surface area contributed by atoms with E-state index in [9.17, 15) is 14.4 Å². The van der Waals surface area contributed by atoms with E-state index in [1.54, 1.807) is 12.1 Å². The van der Waals surface area contributed by atoms with Crippen molar-refractivity contribution in [3.05, 3.63) is 65.0 Å². The maximum absolute atomic E-state index is 14.9. The Labute approximate surface area is 274 Å². The fraction of sp³-hybridized carbons (Fsp3) is 0.622. The molecule has 0 radical (unpaired) electrons. The van der Waals surface area contributed by atoms with Gasteiger partial charge in [-0.25, -0.2) is 9.18 Å². The minimum absolute atomic E-state index is 0.0245. The number of nitriles is 1. The van der Waals surface area contributed by atoms with E-state index in [0.717, 1.165) is 108 Å². The van der Waals surface area contributed by atoms with Crippen molar-refractivity contribution in [3.8, 4) is 6.07 Å². The molecule has 1 amide bonds. The first-order chi connectivity index (χ1) is 22.3. The van der Waals surface area contributed by atoms with Gasteiger partial charge in [0.2, 0.25) is 0 Å². The number of hydrogen-bond donors (Lipinski definition) is 1. The van der Waals surface area contributed by atoms with Gasteiger partial charge in [-0.15, -0.1) is 0 Å². The molecular formula is C37H51FN6O2. The Hall–Kier alpha value is -3.19. The van der Waals surface area contributed by atoms with Gasteiger partial charge in [0.05, 0.1) is 18.7 Å². The lowest BCUT2D eigenvalue weighted by Crippen LogP contribution is -2.60. The predicted octanol–water partition coefficient (Wildman–Crippen LogP) is 5.08. The Morgan fingerprint density at radius 1 is 1.04 bits per heavy atom. The molecule has 3 atom stereocenters. The number of anilines is 1. The Morgan fingerprint density at radius 2 is 1.83 bits per heavy atom. The molecule has 0 bridgehead atoms. The highest BCUT2D eigenvalue weighted by molar-refractivity contribution is 5.67. The molecule has 3 aliphatic heterocycles. The van der Waals surface area contributed by atoms with Crippen LogP contribution >= 0.6 is 0 Å². The Bertz CT molecular complexity index is 1390. The molecule has 3 heterocycles. The summed E-state index contributed by atoms with van der Waals surface area (Å²) in [4.78, 5) is 22.2. The van der Waals surface area contributed by atoms with Gasteiger partial charge < -0.3 is 29.7 Å². The van der Waals surface area contributed by atoms with Crippen LogP contribution in [0.4, 0.5) is 14.9 Å². The molecule has 0 unspecified atom stereocenters. The van der Waals surface area contributed by atoms with E-state index in [1.165, 1.54) is 19.2 Å². The van der Waals surface area contributed by atoms with Crippen molar-refractivity contribution < 1.29 is 13.9 Å². The van der Waals surface area contributed by atoms with Crippen molar-refractivity contribution in [3.63, 3.8) is 0 Å². The maximum Gasteiger partial charge on any atom is 0.407 e. The smallest absolute Gasteiger partial charge is 0.407 e. The van der Waals surface area contributed by atoms with E-state index in [1.807, 2.05) is 26.2 Å². The number of nitrogens with one attached hydrogen (secondary N) is 1. The highest BCUT2D eigenvalue weighted by atomic mass is 19.1. The molecule has 2 aromatic rings. The third-order valence-corrected chi connectivity index (χ3v) is 11.3. The van der Waals surface area contributed by atoms with Gasteiger partial charge in [-0.3, -0.25) is 0 Å². The van der Waals surface area contributed by atoms with Gasteiger partial charge in [0.15, 0.2) is 0 Å². The fourth-order valence-corrected chi connectivity index (χ4v) is 8.99. The number of carbonyl (C=O) groups is 1. The second-order valence-electron chi connectivity index (χ2n) is 14.5. The van der Waals surface area contributed by atoms with E-state index in [-0.39, 0.29) is 29.3 Å². The summed E-state index contributed by atoms with van der Waals surface area (Å²) in [6.07, 6.45) is 6.02. The topological polar surface area (TPSA) is 75.1 Å². The van der Waals surface area contributed by atoms with Crippen LogP contribution in [0.1, 0.15) is 55.2 Å². The number of hydrogen-bond acceptors (Lipinski definition) is 7. The van der Waals surface area contributed by atoms with Crippen molar-refractivity contribution in [1.29, 1.82) is 5.26 Å². The highest BCUT2D eigenvalue weighted by Gasteiger charge is 2.53. The van der Waals surface area contributed by atoms with Crippen LogP contribution in [0, 0.1) is 34.9 Å². The van der Waals surface area contributed by atoms with Crippen LogP contribution < -0.4 is 10.2 Å².